The van der Waals surface area contributed by atoms with Crippen LogP contribution in [0.2, 0.25) is 0 Å². The molecular formula is C20H22FN. The summed E-state index contributed by atoms with van der Waals surface area (Å²) in [4.78, 5) is 0. The second-order valence-electron chi connectivity index (χ2n) is 5.81. The third-order valence-electron chi connectivity index (χ3n) is 4.19. The minimum atomic E-state index is -0.186. The number of hydrogen-bond donors (Lipinski definition) is 0. The summed E-state index contributed by atoms with van der Waals surface area (Å²) in [5.41, 5.74) is 3.52. The highest BCUT2D eigenvalue weighted by atomic mass is 19.1. The molecule has 3 rings (SSSR count). The lowest BCUT2D eigenvalue weighted by Crippen LogP contribution is -2.00. The van der Waals surface area contributed by atoms with E-state index in [1.54, 1.807) is 0 Å². The lowest BCUT2D eigenvalue weighted by Gasteiger charge is -2.11. The zero-order chi connectivity index (χ0) is 15.4. The van der Waals surface area contributed by atoms with Crippen molar-refractivity contribution in [2.24, 2.45) is 0 Å². The molecule has 0 N–H and O–H groups in total. The zero-order valence-corrected chi connectivity index (χ0v) is 13.1. The van der Waals surface area contributed by atoms with E-state index in [9.17, 15) is 4.39 Å². The van der Waals surface area contributed by atoms with Crippen LogP contribution in [-0.2, 0) is 6.54 Å². The van der Waals surface area contributed by atoms with Gasteiger partial charge in [-0.3, -0.25) is 0 Å². The molecule has 2 heteroatoms. The maximum absolute atomic E-state index is 13.2. The van der Waals surface area contributed by atoms with E-state index in [1.165, 1.54) is 54.4 Å². The molecule has 0 aliphatic rings. The van der Waals surface area contributed by atoms with Gasteiger partial charge in [0.15, 0.2) is 0 Å². The SMILES string of the molecule is CCCCCCn1c(-c2ccc(F)cc2)cc2ccccc21. The summed E-state index contributed by atoms with van der Waals surface area (Å²) >= 11 is 0. The molecule has 0 radical (unpaired) electrons. The molecule has 0 saturated heterocycles. The van der Waals surface area contributed by atoms with Crippen LogP contribution in [0, 0.1) is 5.82 Å². The predicted octanol–water partition coefficient (Wildman–Crippen LogP) is 6.03. The Bertz CT molecular complexity index is 740. The average Bonchev–Trinajstić information content (AvgIpc) is 2.91. The number of halogens is 1. The van der Waals surface area contributed by atoms with Gasteiger partial charge in [-0.1, -0.05) is 44.4 Å². The second-order valence-corrected chi connectivity index (χ2v) is 5.81. The first-order valence-electron chi connectivity index (χ1n) is 8.14. The molecule has 1 nitrogen and oxygen atoms in total. The lowest BCUT2D eigenvalue weighted by atomic mass is 10.1. The number of benzene rings is 2. The Balaban J connectivity index is 1.98. The van der Waals surface area contributed by atoms with Gasteiger partial charge in [0.05, 0.1) is 0 Å². The fraction of sp³-hybridized carbons (Fsp3) is 0.300. The first-order valence-corrected chi connectivity index (χ1v) is 8.14. The van der Waals surface area contributed by atoms with E-state index in [0.29, 0.717) is 0 Å². The van der Waals surface area contributed by atoms with Crippen molar-refractivity contribution in [3.05, 3.63) is 60.4 Å². The van der Waals surface area contributed by atoms with Gasteiger partial charge in [0.25, 0.3) is 0 Å². The fourth-order valence-corrected chi connectivity index (χ4v) is 3.01. The van der Waals surface area contributed by atoms with Crippen LogP contribution in [-0.4, -0.2) is 4.57 Å². The van der Waals surface area contributed by atoms with Crippen molar-refractivity contribution in [2.45, 2.75) is 39.2 Å². The van der Waals surface area contributed by atoms with Gasteiger partial charge in [0, 0.05) is 23.1 Å². The number of rotatable bonds is 6. The van der Waals surface area contributed by atoms with E-state index in [4.69, 9.17) is 0 Å². The molecule has 0 fully saturated rings. The first kappa shape index (κ1) is 14.8. The summed E-state index contributed by atoms with van der Waals surface area (Å²) in [6.07, 6.45) is 4.97. The van der Waals surface area contributed by atoms with Gasteiger partial charge in [0.1, 0.15) is 5.82 Å². The van der Waals surface area contributed by atoms with Crippen LogP contribution in [0.15, 0.2) is 54.6 Å². The Kier molecular flexibility index (Phi) is 4.57. The summed E-state index contributed by atoms with van der Waals surface area (Å²) in [5, 5.41) is 1.25. The van der Waals surface area contributed by atoms with Crippen molar-refractivity contribution in [1.29, 1.82) is 0 Å². The molecule has 2 aromatic carbocycles. The maximum atomic E-state index is 13.2. The second kappa shape index (κ2) is 6.78. The fourth-order valence-electron chi connectivity index (χ4n) is 3.01. The van der Waals surface area contributed by atoms with Gasteiger partial charge in [-0.05, 0) is 48.4 Å². The minimum absolute atomic E-state index is 0.186. The Hall–Kier alpha value is -2.09. The Morgan fingerprint density at radius 3 is 2.45 bits per heavy atom. The normalized spacial score (nSPS) is 11.2. The molecule has 0 aliphatic heterocycles. The Morgan fingerprint density at radius 1 is 0.909 bits per heavy atom. The molecule has 1 heterocycles. The lowest BCUT2D eigenvalue weighted by molar-refractivity contribution is 0.596. The van der Waals surface area contributed by atoms with E-state index in [0.717, 1.165) is 12.1 Å². The van der Waals surface area contributed by atoms with Crippen LogP contribution < -0.4 is 0 Å². The standard InChI is InChI=1S/C20H22FN/c1-2-3-4-7-14-22-19-9-6-5-8-17(19)15-20(22)16-10-12-18(21)13-11-16/h5-6,8-13,15H,2-4,7,14H2,1H3. The molecule has 0 aliphatic carbocycles. The van der Waals surface area contributed by atoms with E-state index < -0.39 is 0 Å². The number of aromatic nitrogens is 1. The van der Waals surface area contributed by atoms with Gasteiger partial charge >= 0.3 is 0 Å². The summed E-state index contributed by atoms with van der Waals surface area (Å²) in [5.74, 6) is -0.186. The smallest absolute Gasteiger partial charge is 0.123 e. The molecule has 0 amide bonds. The number of hydrogen-bond acceptors (Lipinski definition) is 0. The topological polar surface area (TPSA) is 4.93 Å². The predicted molar refractivity (Wildman–Crippen MR) is 91.5 cm³/mol. The first-order chi connectivity index (χ1) is 10.8. The van der Waals surface area contributed by atoms with Crippen LogP contribution in [0.25, 0.3) is 22.2 Å². The molecule has 114 valence electrons. The van der Waals surface area contributed by atoms with Crippen molar-refractivity contribution in [1.82, 2.24) is 4.57 Å². The Morgan fingerprint density at radius 2 is 1.68 bits per heavy atom. The highest BCUT2D eigenvalue weighted by Crippen LogP contribution is 2.29. The molecule has 3 aromatic rings. The van der Waals surface area contributed by atoms with Crippen LogP contribution >= 0.6 is 0 Å². The molecule has 0 unspecified atom stereocenters. The van der Waals surface area contributed by atoms with E-state index in [2.05, 4.69) is 41.8 Å². The number of unbranched alkanes of at least 4 members (excludes halogenated alkanes) is 3. The van der Waals surface area contributed by atoms with Gasteiger partial charge < -0.3 is 4.57 Å². The van der Waals surface area contributed by atoms with Crippen LogP contribution in [0.1, 0.15) is 32.6 Å². The highest BCUT2D eigenvalue weighted by molar-refractivity contribution is 5.87. The van der Waals surface area contributed by atoms with Crippen LogP contribution in [0.5, 0.6) is 0 Å². The Labute approximate surface area is 131 Å². The van der Waals surface area contributed by atoms with Crippen LogP contribution in [0.4, 0.5) is 4.39 Å². The van der Waals surface area contributed by atoms with Gasteiger partial charge in [-0.25, -0.2) is 4.39 Å². The summed E-state index contributed by atoms with van der Waals surface area (Å²) < 4.78 is 15.6. The van der Waals surface area contributed by atoms with Gasteiger partial charge in [-0.15, -0.1) is 0 Å². The van der Waals surface area contributed by atoms with Crippen molar-refractivity contribution >= 4 is 10.9 Å². The zero-order valence-electron chi connectivity index (χ0n) is 13.1. The quantitative estimate of drug-likeness (QED) is 0.489. The largest absolute Gasteiger partial charge is 0.340 e. The number of fused-ring (bicyclic) bond motifs is 1. The van der Waals surface area contributed by atoms with E-state index in [1.807, 2.05) is 12.1 Å². The van der Waals surface area contributed by atoms with Crippen molar-refractivity contribution in [3.63, 3.8) is 0 Å². The molecule has 0 atom stereocenters. The van der Waals surface area contributed by atoms with E-state index in [-0.39, 0.29) is 5.82 Å². The highest BCUT2D eigenvalue weighted by Gasteiger charge is 2.10. The molecular weight excluding hydrogens is 273 g/mol. The molecule has 1 aromatic heterocycles. The third-order valence-corrected chi connectivity index (χ3v) is 4.19. The number of aryl methyl sites for hydroxylation is 1. The van der Waals surface area contributed by atoms with Crippen molar-refractivity contribution in [2.75, 3.05) is 0 Å². The summed E-state index contributed by atoms with van der Waals surface area (Å²) in [6.45, 7) is 3.25. The number of nitrogens with zero attached hydrogens (tertiary/aromatic N) is 1. The van der Waals surface area contributed by atoms with Crippen molar-refractivity contribution in [3.8, 4) is 11.3 Å². The van der Waals surface area contributed by atoms with Gasteiger partial charge in [-0.2, -0.15) is 0 Å². The van der Waals surface area contributed by atoms with E-state index >= 15 is 0 Å². The summed E-state index contributed by atoms with van der Waals surface area (Å²) in [7, 11) is 0. The summed E-state index contributed by atoms with van der Waals surface area (Å²) in [6, 6.07) is 17.5. The minimum Gasteiger partial charge on any atom is -0.340 e. The van der Waals surface area contributed by atoms with Crippen molar-refractivity contribution < 1.29 is 4.39 Å². The monoisotopic (exact) mass is 295 g/mol. The third kappa shape index (κ3) is 3.06. The molecule has 0 bridgehead atoms. The molecule has 0 saturated carbocycles. The number of para-hydroxylation sites is 1. The average molecular weight is 295 g/mol. The molecule has 22 heavy (non-hydrogen) atoms. The molecule has 0 spiro atoms. The van der Waals surface area contributed by atoms with Crippen LogP contribution in [0.3, 0.4) is 0 Å². The van der Waals surface area contributed by atoms with Gasteiger partial charge in [0.2, 0.25) is 0 Å². The maximum Gasteiger partial charge on any atom is 0.123 e.